The molecule has 100 valence electrons. The molecule has 0 aromatic heterocycles. The van der Waals surface area contributed by atoms with Crippen molar-refractivity contribution in [1.82, 2.24) is 4.90 Å². The average molecular weight is 250 g/mol. The summed E-state index contributed by atoms with van der Waals surface area (Å²) in [4.78, 5) is 13.5. The van der Waals surface area contributed by atoms with Gasteiger partial charge < -0.3 is 10.5 Å². The average Bonchev–Trinajstić information content (AvgIpc) is 2.38. The maximum Gasteiger partial charge on any atom is 0.319 e. The fourth-order valence-electron chi connectivity index (χ4n) is 1.78. The number of hydrogen-bond acceptors (Lipinski definition) is 4. The summed E-state index contributed by atoms with van der Waals surface area (Å²) in [5, 5.41) is 0. The minimum Gasteiger partial charge on any atom is -0.468 e. The molecule has 0 aliphatic carbocycles. The number of benzene rings is 1. The lowest BCUT2D eigenvalue weighted by Crippen LogP contribution is -2.36. The highest BCUT2D eigenvalue weighted by Crippen LogP contribution is 2.13. The molecule has 4 nitrogen and oxygen atoms in total. The van der Waals surface area contributed by atoms with Crippen LogP contribution in [0.2, 0.25) is 0 Å². The third-order valence-electron chi connectivity index (χ3n) is 3.00. The van der Waals surface area contributed by atoms with Crippen molar-refractivity contribution in [3.05, 3.63) is 35.4 Å². The molecule has 2 N–H and O–H groups in total. The van der Waals surface area contributed by atoms with Crippen LogP contribution in [0, 0.1) is 0 Å². The molecule has 0 saturated heterocycles. The van der Waals surface area contributed by atoms with Crippen LogP contribution in [0.5, 0.6) is 0 Å². The Morgan fingerprint density at radius 3 is 2.44 bits per heavy atom. The number of ether oxygens (including phenoxy) is 1. The van der Waals surface area contributed by atoms with Crippen molar-refractivity contribution < 1.29 is 9.53 Å². The standard InChI is InChI=1S/C14H22N2O2/c1-11(2)16(10-14(17)18-3)9-13-7-5-4-6-12(13)8-15/h4-7,11H,8-10,15H2,1-3H3. The van der Waals surface area contributed by atoms with E-state index in [2.05, 4.69) is 24.8 Å². The highest BCUT2D eigenvalue weighted by atomic mass is 16.5. The Morgan fingerprint density at radius 2 is 1.94 bits per heavy atom. The van der Waals surface area contributed by atoms with Gasteiger partial charge >= 0.3 is 5.97 Å². The maximum absolute atomic E-state index is 11.4. The van der Waals surface area contributed by atoms with Crippen LogP contribution in [-0.4, -0.2) is 30.6 Å². The first-order valence-electron chi connectivity index (χ1n) is 6.16. The minimum atomic E-state index is -0.214. The summed E-state index contributed by atoms with van der Waals surface area (Å²) in [7, 11) is 1.41. The van der Waals surface area contributed by atoms with E-state index in [4.69, 9.17) is 10.5 Å². The second-order valence-corrected chi connectivity index (χ2v) is 4.55. The largest absolute Gasteiger partial charge is 0.468 e. The van der Waals surface area contributed by atoms with Gasteiger partial charge in [0.15, 0.2) is 0 Å². The van der Waals surface area contributed by atoms with Gasteiger partial charge in [-0.2, -0.15) is 0 Å². The van der Waals surface area contributed by atoms with Gasteiger partial charge in [-0.15, -0.1) is 0 Å². The van der Waals surface area contributed by atoms with E-state index in [0.717, 1.165) is 11.1 Å². The van der Waals surface area contributed by atoms with Crippen LogP contribution in [0.15, 0.2) is 24.3 Å². The third-order valence-corrected chi connectivity index (χ3v) is 3.00. The van der Waals surface area contributed by atoms with Gasteiger partial charge in [0.2, 0.25) is 0 Å². The first kappa shape index (κ1) is 14.7. The molecular formula is C14H22N2O2. The van der Waals surface area contributed by atoms with Crippen molar-refractivity contribution in [3.63, 3.8) is 0 Å². The van der Waals surface area contributed by atoms with Crippen molar-refractivity contribution in [3.8, 4) is 0 Å². The number of esters is 1. The van der Waals surface area contributed by atoms with Crippen molar-refractivity contribution in [2.45, 2.75) is 33.0 Å². The van der Waals surface area contributed by atoms with Gasteiger partial charge in [0, 0.05) is 19.1 Å². The van der Waals surface area contributed by atoms with Gasteiger partial charge in [0.05, 0.1) is 13.7 Å². The molecule has 0 atom stereocenters. The van der Waals surface area contributed by atoms with Gasteiger partial charge in [0.25, 0.3) is 0 Å². The van der Waals surface area contributed by atoms with Crippen molar-refractivity contribution >= 4 is 5.97 Å². The second kappa shape index (κ2) is 7.13. The number of methoxy groups -OCH3 is 1. The fourth-order valence-corrected chi connectivity index (χ4v) is 1.78. The highest BCUT2D eigenvalue weighted by molar-refractivity contribution is 5.71. The Labute approximate surface area is 109 Å². The van der Waals surface area contributed by atoms with Crippen LogP contribution >= 0.6 is 0 Å². The predicted molar refractivity (Wildman–Crippen MR) is 71.9 cm³/mol. The number of hydrogen-bond donors (Lipinski definition) is 1. The van der Waals surface area contributed by atoms with Crippen LogP contribution in [0.25, 0.3) is 0 Å². The summed E-state index contributed by atoms with van der Waals surface area (Å²) in [5.41, 5.74) is 8.00. The highest BCUT2D eigenvalue weighted by Gasteiger charge is 2.15. The summed E-state index contributed by atoms with van der Waals surface area (Å²) in [5.74, 6) is -0.214. The molecule has 0 unspecified atom stereocenters. The molecule has 0 radical (unpaired) electrons. The number of carbonyl (C=O) groups excluding carboxylic acids is 1. The molecule has 4 heteroatoms. The van der Waals surface area contributed by atoms with E-state index in [1.165, 1.54) is 7.11 Å². The lowest BCUT2D eigenvalue weighted by Gasteiger charge is -2.26. The van der Waals surface area contributed by atoms with E-state index in [0.29, 0.717) is 19.6 Å². The van der Waals surface area contributed by atoms with Crippen molar-refractivity contribution in [2.75, 3.05) is 13.7 Å². The smallest absolute Gasteiger partial charge is 0.319 e. The van der Waals surface area contributed by atoms with E-state index in [1.54, 1.807) is 0 Å². The Balaban J connectivity index is 2.79. The lowest BCUT2D eigenvalue weighted by molar-refractivity contribution is -0.142. The molecule has 1 aromatic carbocycles. The normalized spacial score (nSPS) is 11.0. The molecule has 0 amide bonds. The van der Waals surface area contributed by atoms with Gasteiger partial charge in [0.1, 0.15) is 0 Å². The summed E-state index contributed by atoms with van der Waals surface area (Å²) in [6, 6.07) is 8.31. The lowest BCUT2D eigenvalue weighted by atomic mass is 10.1. The molecule has 0 aliphatic rings. The van der Waals surface area contributed by atoms with E-state index in [1.807, 2.05) is 18.2 Å². The van der Waals surface area contributed by atoms with Gasteiger partial charge in [-0.3, -0.25) is 9.69 Å². The van der Waals surface area contributed by atoms with Gasteiger partial charge in [-0.1, -0.05) is 24.3 Å². The molecule has 0 aliphatic heterocycles. The number of nitrogens with two attached hydrogens (primary N) is 1. The van der Waals surface area contributed by atoms with Crippen LogP contribution in [-0.2, 0) is 22.6 Å². The molecule has 0 spiro atoms. The summed E-state index contributed by atoms with van der Waals surface area (Å²) < 4.78 is 4.72. The summed E-state index contributed by atoms with van der Waals surface area (Å²) >= 11 is 0. The van der Waals surface area contributed by atoms with E-state index in [9.17, 15) is 4.79 Å². The zero-order valence-corrected chi connectivity index (χ0v) is 11.3. The predicted octanol–water partition coefficient (Wildman–Crippen LogP) is 1.53. The monoisotopic (exact) mass is 250 g/mol. The van der Waals surface area contributed by atoms with Gasteiger partial charge in [-0.25, -0.2) is 0 Å². The molecule has 18 heavy (non-hydrogen) atoms. The molecule has 1 rings (SSSR count). The van der Waals surface area contributed by atoms with Crippen molar-refractivity contribution in [2.24, 2.45) is 5.73 Å². The zero-order chi connectivity index (χ0) is 13.5. The number of nitrogens with zero attached hydrogens (tertiary/aromatic N) is 1. The second-order valence-electron chi connectivity index (χ2n) is 4.55. The molecule has 0 fully saturated rings. The zero-order valence-electron chi connectivity index (χ0n) is 11.3. The molecule has 0 bridgehead atoms. The van der Waals surface area contributed by atoms with E-state index in [-0.39, 0.29) is 12.0 Å². The van der Waals surface area contributed by atoms with Crippen molar-refractivity contribution in [1.29, 1.82) is 0 Å². The quantitative estimate of drug-likeness (QED) is 0.778. The Kier molecular flexibility index (Phi) is 5.82. The Bertz CT molecular complexity index is 391. The van der Waals surface area contributed by atoms with Crippen LogP contribution < -0.4 is 5.73 Å². The minimum absolute atomic E-state index is 0.214. The van der Waals surface area contributed by atoms with E-state index >= 15 is 0 Å². The van der Waals surface area contributed by atoms with Crippen LogP contribution in [0.4, 0.5) is 0 Å². The number of rotatable bonds is 6. The van der Waals surface area contributed by atoms with E-state index < -0.39 is 0 Å². The molecule has 0 heterocycles. The maximum atomic E-state index is 11.4. The molecular weight excluding hydrogens is 228 g/mol. The summed E-state index contributed by atoms with van der Waals surface area (Å²) in [6.45, 7) is 5.65. The Hall–Kier alpha value is -1.39. The molecule has 1 aromatic rings. The molecule has 0 saturated carbocycles. The van der Waals surface area contributed by atoms with Crippen LogP contribution in [0.3, 0.4) is 0 Å². The first-order valence-corrected chi connectivity index (χ1v) is 6.16. The Morgan fingerprint density at radius 1 is 1.33 bits per heavy atom. The van der Waals surface area contributed by atoms with Crippen LogP contribution in [0.1, 0.15) is 25.0 Å². The fraction of sp³-hybridized carbons (Fsp3) is 0.500. The summed E-state index contributed by atoms with van der Waals surface area (Å²) in [6.07, 6.45) is 0. The third kappa shape index (κ3) is 4.13. The SMILES string of the molecule is COC(=O)CN(Cc1ccccc1CN)C(C)C. The van der Waals surface area contributed by atoms with Gasteiger partial charge in [-0.05, 0) is 25.0 Å². The first-order chi connectivity index (χ1) is 8.58. The topological polar surface area (TPSA) is 55.6 Å². The number of carbonyl (C=O) groups is 1.